The molecule has 1 unspecified atom stereocenters. The Morgan fingerprint density at radius 2 is 1.90 bits per heavy atom. The number of benzene rings is 1. The summed E-state index contributed by atoms with van der Waals surface area (Å²) in [4.78, 5) is 24.5. The molecule has 0 spiro atoms. The lowest BCUT2D eigenvalue weighted by Crippen LogP contribution is -2.19. The van der Waals surface area contributed by atoms with Crippen molar-refractivity contribution in [2.45, 2.75) is 12.3 Å². The van der Waals surface area contributed by atoms with E-state index in [1.165, 1.54) is 4.57 Å². The number of hydrogen-bond acceptors (Lipinski definition) is 4. The van der Waals surface area contributed by atoms with Crippen LogP contribution in [0.4, 0.5) is 0 Å². The van der Waals surface area contributed by atoms with Crippen LogP contribution in [0.15, 0.2) is 81.0 Å². The van der Waals surface area contributed by atoms with Crippen LogP contribution in [0.3, 0.4) is 0 Å². The first-order valence-corrected chi connectivity index (χ1v) is 10.7. The molecule has 1 aromatic carbocycles. The Labute approximate surface area is 201 Å². The van der Waals surface area contributed by atoms with Crippen molar-refractivity contribution < 1.29 is 0 Å². The van der Waals surface area contributed by atoms with Crippen LogP contribution >= 0.6 is 44.3 Å². The SMILES string of the molecule is Cl.N#Cc1ccc(C(Cc2ccc(-n3cc(Br)cc(Br)c3=O)nc2)c2ncc[nH]2)cc1. The number of aromatic nitrogens is 4. The van der Waals surface area contributed by atoms with Crippen LogP contribution in [-0.2, 0) is 6.42 Å². The van der Waals surface area contributed by atoms with E-state index >= 15 is 0 Å². The van der Waals surface area contributed by atoms with Crippen molar-refractivity contribution >= 4 is 44.3 Å². The molecule has 0 saturated carbocycles. The van der Waals surface area contributed by atoms with Crippen LogP contribution in [0.25, 0.3) is 5.82 Å². The second-order valence-electron chi connectivity index (χ2n) is 6.67. The fourth-order valence-corrected chi connectivity index (χ4v) is 4.41. The zero-order valence-corrected chi connectivity index (χ0v) is 20.0. The maximum absolute atomic E-state index is 12.4. The van der Waals surface area contributed by atoms with Gasteiger partial charge in [0.15, 0.2) is 0 Å². The van der Waals surface area contributed by atoms with Crippen molar-refractivity contribution in [2.24, 2.45) is 0 Å². The van der Waals surface area contributed by atoms with E-state index < -0.39 is 0 Å². The van der Waals surface area contributed by atoms with Crippen LogP contribution in [0, 0.1) is 11.3 Å². The lowest BCUT2D eigenvalue weighted by Gasteiger charge is -2.16. The second-order valence-corrected chi connectivity index (χ2v) is 8.44. The van der Waals surface area contributed by atoms with Crippen molar-refractivity contribution in [2.75, 3.05) is 0 Å². The first kappa shape index (κ1) is 22.9. The summed E-state index contributed by atoms with van der Waals surface area (Å²) in [5, 5.41) is 9.05. The number of nitrogens with zero attached hydrogens (tertiary/aromatic N) is 4. The standard InChI is InChI=1S/C22H15Br2N5O.ClH/c23-17-10-19(24)22(30)29(13-17)20-6-3-15(12-28-20)9-18(21-26-7-8-27-21)16-4-1-14(11-25)2-5-16;/h1-8,10,12-13,18H,9H2,(H,26,27);1H. The monoisotopic (exact) mass is 559 g/mol. The fourth-order valence-electron chi connectivity index (χ4n) is 3.23. The summed E-state index contributed by atoms with van der Waals surface area (Å²) in [6, 6.07) is 15.2. The predicted octanol–water partition coefficient (Wildman–Crippen LogP) is 5.15. The summed E-state index contributed by atoms with van der Waals surface area (Å²) in [5.41, 5.74) is 2.50. The molecule has 0 aliphatic carbocycles. The van der Waals surface area contributed by atoms with Crippen LogP contribution in [0.2, 0.25) is 0 Å². The van der Waals surface area contributed by atoms with Gasteiger partial charge in [0.2, 0.25) is 0 Å². The van der Waals surface area contributed by atoms with Gasteiger partial charge in [0.1, 0.15) is 11.6 Å². The molecule has 0 radical (unpaired) electrons. The van der Waals surface area contributed by atoms with E-state index in [1.807, 2.05) is 36.4 Å². The Morgan fingerprint density at radius 3 is 2.52 bits per heavy atom. The summed E-state index contributed by atoms with van der Waals surface area (Å²) in [6.45, 7) is 0. The number of halogens is 3. The lowest BCUT2D eigenvalue weighted by molar-refractivity contribution is 0.748. The average Bonchev–Trinajstić information content (AvgIpc) is 3.30. The van der Waals surface area contributed by atoms with Crippen LogP contribution in [0.5, 0.6) is 0 Å². The third-order valence-electron chi connectivity index (χ3n) is 4.73. The van der Waals surface area contributed by atoms with Gasteiger partial charge in [0.25, 0.3) is 5.56 Å². The van der Waals surface area contributed by atoms with Gasteiger partial charge in [-0.25, -0.2) is 9.97 Å². The Morgan fingerprint density at radius 1 is 1.13 bits per heavy atom. The smallest absolute Gasteiger partial charge is 0.270 e. The maximum Gasteiger partial charge on any atom is 0.270 e. The number of nitrogens with one attached hydrogen (secondary N) is 1. The average molecular weight is 562 g/mol. The first-order chi connectivity index (χ1) is 14.5. The molecule has 1 atom stereocenters. The molecule has 4 aromatic rings. The third kappa shape index (κ3) is 5.13. The van der Waals surface area contributed by atoms with Crippen molar-refractivity contribution in [3.8, 4) is 11.9 Å². The largest absolute Gasteiger partial charge is 0.348 e. The number of pyridine rings is 2. The van der Waals surface area contributed by atoms with Crippen LogP contribution in [-0.4, -0.2) is 19.5 Å². The van der Waals surface area contributed by atoms with Crippen molar-refractivity contribution in [1.82, 2.24) is 19.5 Å². The molecule has 0 bridgehead atoms. The van der Waals surface area contributed by atoms with Gasteiger partial charge < -0.3 is 4.98 Å². The third-order valence-corrected chi connectivity index (χ3v) is 5.73. The zero-order valence-electron chi connectivity index (χ0n) is 16.0. The van der Waals surface area contributed by atoms with Gasteiger partial charge in [-0.2, -0.15) is 5.26 Å². The Bertz CT molecular complexity index is 1260. The van der Waals surface area contributed by atoms with Gasteiger partial charge in [-0.05, 0) is 73.7 Å². The second kappa shape index (κ2) is 10.1. The molecule has 4 rings (SSSR count). The molecule has 3 aromatic heterocycles. The van der Waals surface area contributed by atoms with Crippen molar-refractivity contribution in [3.05, 3.63) is 109 Å². The molecule has 31 heavy (non-hydrogen) atoms. The topological polar surface area (TPSA) is 87.4 Å². The van der Waals surface area contributed by atoms with Crippen LogP contribution < -0.4 is 5.56 Å². The minimum absolute atomic E-state index is 0. The van der Waals surface area contributed by atoms with E-state index in [4.69, 9.17) is 5.26 Å². The van der Waals surface area contributed by atoms with E-state index in [9.17, 15) is 4.79 Å². The molecule has 0 fully saturated rings. The molecule has 9 heteroatoms. The van der Waals surface area contributed by atoms with Gasteiger partial charge in [-0.1, -0.05) is 18.2 Å². The molecule has 3 heterocycles. The zero-order chi connectivity index (χ0) is 21.1. The van der Waals surface area contributed by atoms with Gasteiger partial charge in [-0.3, -0.25) is 9.36 Å². The summed E-state index contributed by atoms with van der Waals surface area (Å²) in [6.07, 6.45) is 7.66. The van der Waals surface area contributed by atoms with Gasteiger partial charge in [0.05, 0.1) is 16.1 Å². The van der Waals surface area contributed by atoms with Gasteiger partial charge in [-0.15, -0.1) is 12.4 Å². The highest BCUT2D eigenvalue weighted by Gasteiger charge is 2.18. The van der Waals surface area contributed by atoms with Crippen molar-refractivity contribution in [3.63, 3.8) is 0 Å². The Balaban J connectivity index is 0.00000272. The van der Waals surface area contributed by atoms with Gasteiger partial charge in [0, 0.05) is 35.2 Å². The number of hydrogen-bond donors (Lipinski definition) is 1. The summed E-state index contributed by atoms with van der Waals surface area (Å²) >= 11 is 6.68. The molecule has 1 N–H and O–H groups in total. The number of imidazole rings is 1. The van der Waals surface area contributed by atoms with Crippen LogP contribution in [0.1, 0.15) is 28.4 Å². The molecule has 0 saturated heterocycles. The minimum atomic E-state index is -0.176. The van der Waals surface area contributed by atoms with Crippen molar-refractivity contribution in [1.29, 1.82) is 5.26 Å². The molecule has 0 aliphatic heterocycles. The van der Waals surface area contributed by atoms with E-state index in [-0.39, 0.29) is 23.9 Å². The maximum atomic E-state index is 12.4. The van der Waals surface area contributed by atoms with Gasteiger partial charge >= 0.3 is 0 Å². The molecule has 6 nitrogen and oxygen atoms in total. The summed E-state index contributed by atoms with van der Waals surface area (Å²) in [7, 11) is 0. The lowest BCUT2D eigenvalue weighted by atomic mass is 9.91. The molecule has 0 aliphatic rings. The fraction of sp³-hybridized carbons (Fsp3) is 0.0909. The molecule has 0 amide bonds. The highest BCUT2D eigenvalue weighted by molar-refractivity contribution is 9.11. The highest BCUT2D eigenvalue weighted by Crippen LogP contribution is 2.26. The van der Waals surface area contributed by atoms with E-state index in [1.54, 1.807) is 30.9 Å². The first-order valence-electron chi connectivity index (χ1n) is 9.07. The van der Waals surface area contributed by atoms with E-state index in [2.05, 4.69) is 52.9 Å². The minimum Gasteiger partial charge on any atom is -0.348 e. The molecule has 156 valence electrons. The molecular formula is C22H16Br2ClN5O. The Kier molecular flexibility index (Phi) is 7.44. The Hall–Kier alpha value is -2.73. The highest BCUT2D eigenvalue weighted by atomic mass is 79.9. The predicted molar refractivity (Wildman–Crippen MR) is 128 cm³/mol. The van der Waals surface area contributed by atoms with E-state index in [0.29, 0.717) is 22.3 Å². The number of H-pyrrole nitrogens is 1. The summed E-state index contributed by atoms with van der Waals surface area (Å²) in [5.74, 6) is 1.37. The number of nitriles is 1. The molecular weight excluding hydrogens is 546 g/mol. The summed E-state index contributed by atoms with van der Waals surface area (Å²) < 4.78 is 2.72. The number of rotatable bonds is 5. The van der Waals surface area contributed by atoms with E-state index in [0.717, 1.165) is 21.4 Å². The number of aromatic amines is 1. The normalized spacial score (nSPS) is 11.4. The quantitative estimate of drug-likeness (QED) is 0.365.